The highest BCUT2D eigenvalue weighted by atomic mass is 32.2. The predicted octanol–water partition coefficient (Wildman–Crippen LogP) is 4.71. The lowest BCUT2D eigenvalue weighted by molar-refractivity contribution is -0.117. The molecule has 0 saturated heterocycles. The van der Waals surface area contributed by atoms with Crippen LogP contribution in [0, 0.1) is 18.8 Å². The van der Waals surface area contributed by atoms with Crippen molar-refractivity contribution in [3.8, 4) is 0 Å². The average Bonchev–Trinajstić information content (AvgIpc) is 3.34. The summed E-state index contributed by atoms with van der Waals surface area (Å²) in [5.74, 6) is -2.33. The van der Waals surface area contributed by atoms with E-state index in [1.54, 1.807) is 19.1 Å². The summed E-state index contributed by atoms with van der Waals surface area (Å²) in [6.45, 7) is 3.65. The number of nitrogens with one attached hydrogen (secondary N) is 2. The fraction of sp³-hybridized carbons (Fsp3) is 0.316. The Kier molecular flexibility index (Phi) is 5.95. The fourth-order valence-corrected chi connectivity index (χ4v) is 4.63. The lowest BCUT2D eigenvalue weighted by Crippen LogP contribution is -2.17. The molecule has 0 aliphatic heterocycles. The molecule has 0 bridgehead atoms. The Balaban J connectivity index is 1.77. The third kappa shape index (κ3) is 5.02. The number of anilines is 2. The molecule has 0 heterocycles. The third-order valence-corrected chi connectivity index (χ3v) is 6.77. The van der Waals surface area contributed by atoms with Gasteiger partial charge in [0, 0.05) is 22.2 Å². The molecule has 1 amide bonds. The molecule has 2 aromatic rings. The van der Waals surface area contributed by atoms with Crippen molar-refractivity contribution >= 4 is 39.1 Å². The summed E-state index contributed by atoms with van der Waals surface area (Å²) >= 11 is 0.388. The van der Waals surface area contributed by atoms with Gasteiger partial charge in [0.1, 0.15) is 0 Å². The van der Waals surface area contributed by atoms with Crippen LogP contribution in [0.3, 0.4) is 0 Å². The second kappa shape index (κ2) is 8.08. The molecule has 1 saturated carbocycles. The number of amides is 1. The number of sulfonamides is 1. The van der Waals surface area contributed by atoms with Gasteiger partial charge in [-0.1, -0.05) is 24.8 Å². The number of halogens is 2. The summed E-state index contributed by atoms with van der Waals surface area (Å²) in [5.41, 5.74) is 1.20. The van der Waals surface area contributed by atoms with Gasteiger partial charge >= 0.3 is 0 Å². The van der Waals surface area contributed by atoms with Crippen LogP contribution in [0.5, 0.6) is 0 Å². The van der Waals surface area contributed by atoms with Gasteiger partial charge in [-0.15, -0.1) is 0 Å². The molecule has 2 aromatic carbocycles. The van der Waals surface area contributed by atoms with Gasteiger partial charge < -0.3 is 5.32 Å². The summed E-state index contributed by atoms with van der Waals surface area (Å²) in [7, 11) is -3.91. The van der Waals surface area contributed by atoms with Crippen LogP contribution < -0.4 is 10.0 Å². The summed E-state index contributed by atoms with van der Waals surface area (Å²) in [4.78, 5) is 12.5. The summed E-state index contributed by atoms with van der Waals surface area (Å²) in [6.07, 6.45) is 0.838. The Bertz CT molecular complexity index is 979. The van der Waals surface area contributed by atoms with Crippen LogP contribution in [0.2, 0.25) is 0 Å². The molecule has 2 atom stereocenters. The van der Waals surface area contributed by atoms with Gasteiger partial charge in [-0.25, -0.2) is 8.42 Å². The van der Waals surface area contributed by atoms with E-state index in [0.29, 0.717) is 33.8 Å². The van der Waals surface area contributed by atoms with Crippen LogP contribution in [0.25, 0.3) is 0 Å². The summed E-state index contributed by atoms with van der Waals surface area (Å²) in [6, 6.07) is 10.4. The van der Waals surface area contributed by atoms with E-state index in [1.807, 2.05) is 6.92 Å². The smallest absolute Gasteiger partial charge is 0.288 e. The Morgan fingerprint density at radius 1 is 1.14 bits per heavy atom. The van der Waals surface area contributed by atoms with E-state index in [1.165, 1.54) is 30.3 Å². The molecule has 0 radical (unpaired) electrons. The quantitative estimate of drug-likeness (QED) is 0.629. The van der Waals surface area contributed by atoms with E-state index in [2.05, 4.69) is 10.0 Å². The van der Waals surface area contributed by atoms with Gasteiger partial charge in [-0.3, -0.25) is 9.52 Å². The van der Waals surface area contributed by atoms with E-state index in [9.17, 15) is 22.0 Å². The topological polar surface area (TPSA) is 75.3 Å². The number of alkyl halides is 2. The third-order valence-electron chi connectivity index (χ3n) is 4.52. The molecular weight excluding hydrogens is 406 g/mol. The van der Waals surface area contributed by atoms with Gasteiger partial charge in [0.05, 0.1) is 4.90 Å². The number of carbonyl (C=O) groups is 1. The molecule has 0 unspecified atom stereocenters. The first kappa shape index (κ1) is 20.6. The number of rotatable bonds is 7. The maximum atomic E-state index is 12.8. The number of carbonyl (C=O) groups excluding carboxylic acids is 1. The normalized spacial score (nSPS) is 18.8. The molecule has 28 heavy (non-hydrogen) atoms. The monoisotopic (exact) mass is 426 g/mol. The SMILES string of the molecule is Cc1ccc(NC(=O)[C@H]2C[C@@H]2C)cc1S(=O)(=O)Nc1ccc(SC(F)F)cc1. The highest BCUT2D eigenvalue weighted by molar-refractivity contribution is 7.99. The fourth-order valence-electron chi connectivity index (χ4n) is 2.80. The average molecular weight is 427 g/mol. The zero-order valence-electron chi connectivity index (χ0n) is 15.3. The van der Waals surface area contributed by atoms with Crippen molar-refractivity contribution in [1.29, 1.82) is 0 Å². The number of hydrogen-bond acceptors (Lipinski definition) is 4. The first-order chi connectivity index (χ1) is 13.2. The van der Waals surface area contributed by atoms with E-state index >= 15 is 0 Å². The number of thioether (sulfide) groups is 1. The molecule has 1 fully saturated rings. The van der Waals surface area contributed by atoms with Gasteiger partial charge in [0.2, 0.25) is 5.91 Å². The summed E-state index contributed by atoms with van der Waals surface area (Å²) < 4.78 is 52.8. The van der Waals surface area contributed by atoms with Gasteiger partial charge in [0.15, 0.2) is 0 Å². The molecular formula is C19H20F2N2O3S2. The van der Waals surface area contributed by atoms with Crippen LogP contribution in [-0.4, -0.2) is 20.1 Å². The van der Waals surface area contributed by atoms with Crippen molar-refractivity contribution in [2.75, 3.05) is 10.0 Å². The second-order valence-electron chi connectivity index (χ2n) is 6.80. The van der Waals surface area contributed by atoms with Crippen LogP contribution in [0.1, 0.15) is 18.9 Å². The minimum absolute atomic E-state index is 0.0240. The van der Waals surface area contributed by atoms with Gasteiger partial charge in [-0.2, -0.15) is 8.78 Å². The van der Waals surface area contributed by atoms with Crippen LogP contribution in [0.15, 0.2) is 52.3 Å². The molecule has 0 spiro atoms. The maximum absolute atomic E-state index is 12.8. The van der Waals surface area contributed by atoms with Crippen LogP contribution >= 0.6 is 11.8 Å². The molecule has 3 rings (SSSR count). The molecule has 150 valence electrons. The van der Waals surface area contributed by atoms with Crippen LogP contribution in [-0.2, 0) is 14.8 Å². The van der Waals surface area contributed by atoms with Crippen molar-refractivity contribution < 1.29 is 22.0 Å². The first-order valence-corrected chi connectivity index (χ1v) is 11.0. The van der Waals surface area contributed by atoms with Crippen molar-refractivity contribution in [3.63, 3.8) is 0 Å². The lowest BCUT2D eigenvalue weighted by atomic mass is 10.2. The molecule has 2 N–H and O–H groups in total. The number of benzene rings is 2. The van der Waals surface area contributed by atoms with Crippen molar-refractivity contribution in [2.24, 2.45) is 11.8 Å². The molecule has 1 aliphatic carbocycles. The van der Waals surface area contributed by atoms with E-state index in [0.717, 1.165) is 6.42 Å². The minimum atomic E-state index is -3.91. The predicted molar refractivity (Wildman–Crippen MR) is 106 cm³/mol. The zero-order chi connectivity index (χ0) is 20.5. The summed E-state index contributed by atoms with van der Waals surface area (Å²) in [5, 5.41) is 2.76. The van der Waals surface area contributed by atoms with Crippen molar-refractivity contribution in [3.05, 3.63) is 48.0 Å². The first-order valence-electron chi connectivity index (χ1n) is 8.65. The van der Waals surface area contributed by atoms with E-state index in [4.69, 9.17) is 0 Å². The molecule has 5 nitrogen and oxygen atoms in total. The lowest BCUT2D eigenvalue weighted by Gasteiger charge is -2.13. The Labute approximate surface area is 167 Å². The highest BCUT2D eigenvalue weighted by Gasteiger charge is 2.39. The molecule has 9 heteroatoms. The Hall–Kier alpha value is -2.13. The second-order valence-corrected chi connectivity index (χ2v) is 9.51. The highest BCUT2D eigenvalue weighted by Crippen LogP contribution is 2.38. The number of aryl methyl sites for hydroxylation is 1. The number of hydrogen-bond donors (Lipinski definition) is 2. The Morgan fingerprint density at radius 2 is 1.75 bits per heavy atom. The zero-order valence-corrected chi connectivity index (χ0v) is 16.9. The minimum Gasteiger partial charge on any atom is -0.326 e. The largest absolute Gasteiger partial charge is 0.326 e. The van der Waals surface area contributed by atoms with E-state index in [-0.39, 0.29) is 22.4 Å². The van der Waals surface area contributed by atoms with Gasteiger partial charge in [0.25, 0.3) is 15.8 Å². The van der Waals surface area contributed by atoms with Gasteiger partial charge in [-0.05, 0) is 61.2 Å². The van der Waals surface area contributed by atoms with E-state index < -0.39 is 15.8 Å². The van der Waals surface area contributed by atoms with Crippen LogP contribution in [0.4, 0.5) is 20.2 Å². The standard InChI is InChI=1S/C19H20F2N2O3S2/c1-11-3-4-14(22-18(24)16-9-12(16)2)10-17(11)28(25,26)23-13-5-7-15(8-6-13)27-19(20)21/h3-8,10,12,16,19,23H,9H2,1-2H3,(H,22,24)/t12-,16-/m0/s1. The van der Waals surface area contributed by atoms with Crippen molar-refractivity contribution in [1.82, 2.24) is 0 Å². The Morgan fingerprint density at radius 3 is 2.32 bits per heavy atom. The maximum Gasteiger partial charge on any atom is 0.288 e. The molecule has 0 aromatic heterocycles. The molecule has 1 aliphatic rings. The van der Waals surface area contributed by atoms with Crippen molar-refractivity contribution in [2.45, 2.75) is 35.8 Å².